The van der Waals surface area contributed by atoms with Gasteiger partial charge in [0.15, 0.2) is 0 Å². The van der Waals surface area contributed by atoms with Gasteiger partial charge < -0.3 is 9.64 Å². The van der Waals surface area contributed by atoms with Crippen molar-refractivity contribution in [2.24, 2.45) is 0 Å². The second-order valence-electron chi connectivity index (χ2n) is 6.29. The zero-order chi connectivity index (χ0) is 20.1. The smallest absolute Gasteiger partial charge is 0.246 e. The van der Waals surface area contributed by atoms with E-state index in [9.17, 15) is 17.6 Å². The van der Waals surface area contributed by atoms with Crippen LogP contribution in [0.15, 0.2) is 59.5 Å². The first kappa shape index (κ1) is 20.0. The van der Waals surface area contributed by atoms with Crippen LogP contribution in [0.3, 0.4) is 0 Å². The van der Waals surface area contributed by atoms with Gasteiger partial charge >= 0.3 is 0 Å². The number of hydrogen-bond acceptors (Lipinski definition) is 4. The summed E-state index contributed by atoms with van der Waals surface area (Å²) in [4.78, 5) is 14.0. The predicted octanol–water partition coefficient (Wildman–Crippen LogP) is 2.38. The van der Waals surface area contributed by atoms with E-state index in [1.54, 1.807) is 18.1 Å². The van der Waals surface area contributed by atoms with Crippen molar-refractivity contribution in [3.63, 3.8) is 0 Å². The second kappa shape index (κ2) is 8.53. The highest BCUT2D eigenvalue weighted by molar-refractivity contribution is 7.89. The van der Waals surface area contributed by atoms with Crippen molar-refractivity contribution in [3.8, 4) is 5.75 Å². The van der Waals surface area contributed by atoms with Gasteiger partial charge in [-0.05, 0) is 48.0 Å². The summed E-state index contributed by atoms with van der Waals surface area (Å²) >= 11 is 0. The van der Waals surface area contributed by atoms with Crippen LogP contribution >= 0.6 is 0 Å². The third kappa shape index (κ3) is 4.58. The number of carbonyl (C=O) groups excluding carboxylic acids is 1. The van der Waals surface area contributed by atoms with E-state index in [0.29, 0.717) is 13.1 Å². The van der Waals surface area contributed by atoms with Crippen LogP contribution < -0.4 is 4.74 Å². The molecule has 0 spiro atoms. The van der Waals surface area contributed by atoms with Gasteiger partial charge in [-0.1, -0.05) is 12.1 Å². The Balaban J connectivity index is 1.58. The molecule has 1 fully saturated rings. The van der Waals surface area contributed by atoms with E-state index in [1.807, 2.05) is 24.3 Å². The summed E-state index contributed by atoms with van der Waals surface area (Å²) in [5.41, 5.74) is 0.867. The number of piperazine rings is 1. The summed E-state index contributed by atoms with van der Waals surface area (Å²) < 4.78 is 44.7. The van der Waals surface area contributed by atoms with Crippen LogP contribution in [0.1, 0.15) is 5.56 Å². The molecule has 0 saturated carbocycles. The van der Waals surface area contributed by atoms with Crippen molar-refractivity contribution in [2.75, 3.05) is 33.3 Å². The summed E-state index contributed by atoms with van der Waals surface area (Å²) in [5, 5.41) is 0. The van der Waals surface area contributed by atoms with Gasteiger partial charge in [0.25, 0.3) is 0 Å². The van der Waals surface area contributed by atoms with Gasteiger partial charge in [-0.2, -0.15) is 4.31 Å². The molecule has 28 heavy (non-hydrogen) atoms. The molecule has 2 aromatic carbocycles. The van der Waals surface area contributed by atoms with Crippen LogP contribution in [0.4, 0.5) is 4.39 Å². The molecule has 1 heterocycles. The Hall–Kier alpha value is -2.71. The molecule has 3 rings (SSSR count). The summed E-state index contributed by atoms with van der Waals surface area (Å²) in [6.45, 7) is 0.988. The molecule has 1 amide bonds. The summed E-state index contributed by atoms with van der Waals surface area (Å²) in [6, 6.07) is 12.0. The van der Waals surface area contributed by atoms with E-state index >= 15 is 0 Å². The monoisotopic (exact) mass is 404 g/mol. The largest absolute Gasteiger partial charge is 0.497 e. The Morgan fingerprint density at radius 2 is 1.61 bits per heavy atom. The zero-order valence-electron chi connectivity index (χ0n) is 15.4. The van der Waals surface area contributed by atoms with Crippen molar-refractivity contribution in [3.05, 3.63) is 66.0 Å². The van der Waals surface area contributed by atoms with Crippen molar-refractivity contribution >= 4 is 22.0 Å². The zero-order valence-corrected chi connectivity index (χ0v) is 16.2. The lowest BCUT2D eigenvalue weighted by Crippen LogP contribution is -2.50. The Bertz CT molecular complexity index is 949. The highest BCUT2D eigenvalue weighted by atomic mass is 32.2. The molecule has 6 nitrogen and oxygen atoms in total. The molecule has 8 heteroatoms. The number of halogens is 1. The first-order valence-electron chi connectivity index (χ1n) is 8.77. The van der Waals surface area contributed by atoms with Gasteiger partial charge in [0.2, 0.25) is 15.9 Å². The molecule has 1 saturated heterocycles. The molecule has 0 aliphatic carbocycles. The first-order chi connectivity index (χ1) is 13.4. The lowest BCUT2D eigenvalue weighted by atomic mass is 10.2. The fraction of sp³-hybridized carbons (Fsp3) is 0.250. The molecular formula is C20H21FN2O4S. The fourth-order valence-electron chi connectivity index (χ4n) is 2.89. The number of nitrogens with zero attached hydrogens (tertiary/aromatic N) is 2. The lowest BCUT2D eigenvalue weighted by molar-refractivity contribution is -0.127. The highest BCUT2D eigenvalue weighted by Crippen LogP contribution is 2.18. The van der Waals surface area contributed by atoms with Crippen LogP contribution in [0.5, 0.6) is 5.75 Å². The minimum Gasteiger partial charge on any atom is -0.497 e. The predicted molar refractivity (Wildman–Crippen MR) is 104 cm³/mol. The average Bonchev–Trinajstić information content (AvgIpc) is 2.73. The normalized spacial score (nSPS) is 15.7. The molecule has 0 atom stereocenters. The highest BCUT2D eigenvalue weighted by Gasteiger charge is 2.29. The van der Waals surface area contributed by atoms with Crippen molar-refractivity contribution in [1.29, 1.82) is 0 Å². The van der Waals surface area contributed by atoms with Gasteiger partial charge in [-0.25, -0.2) is 12.8 Å². The van der Waals surface area contributed by atoms with Gasteiger partial charge in [0.1, 0.15) is 11.6 Å². The molecule has 0 aromatic heterocycles. The Kier molecular flexibility index (Phi) is 6.11. The topological polar surface area (TPSA) is 66.9 Å². The van der Waals surface area contributed by atoms with Crippen LogP contribution in [-0.2, 0) is 14.8 Å². The SMILES string of the molecule is COc1ccc(/C=C/C(=O)N2CCN(S(=O)(=O)c3ccc(F)cc3)CC2)cc1. The molecule has 0 radical (unpaired) electrons. The van der Waals surface area contributed by atoms with Crippen LogP contribution in [0.25, 0.3) is 6.08 Å². The lowest BCUT2D eigenvalue weighted by Gasteiger charge is -2.33. The molecule has 0 bridgehead atoms. The summed E-state index contributed by atoms with van der Waals surface area (Å²) in [7, 11) is -2.10. The maximum atomic E-state index is 13.0. The maximum Gasteiger partial charge on any atom is 0.246 e. The molecule has 0 unspecified atom stereocenters. The van der Waals surface area contributed by atoms with E-state index in [0.717, 1.165) is 23.4 Å². The third-order valence-electron chi connectivity index (χ3n) is 4.54. The summed E-state index contributed by atoms with van der Waals surface area (Å²) in [6.07, 6.45) is 3.19. The number of ether oxygens (including phenoxy) is 1. The summed E-state index contributed by atoms with van der Waals surface area (Å²) in [5.74, 6) is 0.0784. The van der Waals surface area contributed by atoms with Crippen LogP contribution in [-0.4, -0.2) is 56.8 Å². The van der Waals surface area contributed by atoms with E-state index in [2.05, 4.69) is 0 Å². The molecule has 148 valence electrons. The average molecular weight is 404 g/mol. The molecule has 0 N–H and O–H groups in total. The number of rotatable bonds is 5. The van der Waals surface area contributed by atoms with E-state index in [4.69, 9.17) is 4.74 Å². The number of methoxy groups -OCH3 is 1. The number of amides is 1. The third-order valence-corrected chi connectivity index (χ3v) is 6.45. The maximum absolute atomic E-state index is 13.0. The fourth-order valence-corrected chi connectivity index (χ4v) is 4.31. The molecular weight excluding hydrogens is 383 g/mol. The number of carbonyl (C=O) groups is 1. The first-order valence-corrected chi connectivity index (χ1v) is 10.2. The number of benzene rings is 2. The van der Waals surface area contributed by atoms with E-state index in [-0.39, 0.29) is 23.9 Å². The van der Waals surface area contributed by atoms with Gasteiger partial charge in [-0.3, -0.25) is 4.79 Å². The van der Waals surface area contributed by atoms with Gasteiger partial charge in [-0.15, -0.1) is 0 Å². The Morgan fingerprint density at radius 3 is 2.18 bits per heavy atom. The van der Waals surface area contributed by atoms with Crippen LogP contribution in [0, 0.1) is 5.82 Å². The molecule has 1 aliphatic rings. The van der Waals surface area contributed by atoms with Crippen molar-refractivity contribution < 1.29 is 22.3 Å². The quantitative estimate of drug-likeness (QED) is 0.718. The van der Waals surface area contributed by atoms with Crippen LogP contribution in [0.2, 0.25) is 0 Å². The number of sulfonamides is 1. The van der Waals surface area contributed by atoms with Gasteiger partial charge in [0.05, 0.1) is 12.0 Å². The second-order valence-corrected chi connectivity index (χ2v) is 8.23. The Labute approximate surface area is 163 Å². The van der Waals surface area contributed by atoms with Gasteiger partial charge in [0, 0.05) is 32.3 Å². The van der Waals surface area contributed by atoms with Crippen molar-refractivity contribution in [2.45, 2.75) is 4.90 Å². The minimum absolute atomic E-state index is 0.0491. The van der Waals surface area contributed by atoms with Crippen molar-refractivity contribution in [1.82, 2.24) is 9.21 Å². The molecule has 1 aliphatic heterocycles. The van der Waals surface area contributed by atoms with E-state index in [1.165, 1.54) is 22.5 Å². The molecule has 2 aromatic rings. The van der Waals surface area contributed by atoms with E-state index < -0.39 is 15.8 Å². The minimum atomic E-state index is -3.69. The Morgan fingerprint density at radius 1 is 1.00 bits per heavy atom. The standard InChI is InChI=1S/C20H21FN2O4S/c1-27-18-7-2-16(3-8-18)4-11-20(24)22-12-14-23(15-13-22)28(25,26)19-9-5-17(21)6-10-19/h2-11H,12-15H2,1H3/b11-4+. The number of hydrogen-bond donors (Lipinski definition) is 0.